The van der Waals surface area contributed by atoms with Gasteiger partial charge in [0.15, 0.2) is 5.65 Å². The number of rotatable bonds is 4. The maximum absolute atomic E-state index is 9.40. The predicted molar refractivity (Wildman–Crippen MR) is 78.4 cm³/mol. The monoisotopic (exact) mass is 350 g/mol. The Morgan fingerprint density at radius 1 is 1.52 bits per heavy atom. The Kier molecular flexibility index (Phi) is 3.61. The van der Waals surface area contributed by atoms with Gasteiger partial charge >= 0.3 is 0 Å². The molecule has 3 aromatic rings. The quantitative estimate of drug-likeness (QED) is 0.552. The lowest BCUT2D eigenvalue weighted by atomic mass is 10.3. The van der Waals surface area contributed by atoms with Crippen molar-refractivity contribution in [2.45, 2.75) is 6.54 Å². The number of hydrogen-bond donors (Lipinski definition) is 2. The molecular formula is C13H13BrN5O2+. The molecule has 0 aliphatic rings. The molecule has 0 amide bonds. The first-order valence-electron chi connectivity index (χ1n) is 6.19. The van der Waals surface area contributed by atoms with Crippen LogP contribution in [0.5, 0.6) is 5.88 Å². The summed E-state index contributed by atoms with van der Waals surface area (Å²) in [5.74, 6) is 1.24. The summed E-state index contributed by atoms with van der Waals surface area (Å²) >= 11 is 3.40. The van der Waals surface area contributed by atoms with E-state index in [0.717, 1.165) is 20.6 Å². The second-order valence-corrected chi connectivity index (χ2v) is 5.21. The van der Waals surface area contributed by atoms with E-state index in [9.17, 15) is 5.21 Å². The molecule has 0 bridgehead atoms. The largest absolute Gasteiger partial charge is 0.481 e. The van der Waals surface area contributed by atoms with Crippen molar-refractivity contribution in [1.29, 1.82) is 0 Å². The lowest BCUT2D eigenvalue weighted by molar-refractivity contribution is -0.905. The van der Waals surface area contributed by atoms with Crippen LogP contribution in [0.2, 0.25) is 0 Å². The van der Waals surface area contributed by atoms with Crippen LogP contribution in [-0.4, -0.2) is 26.9 Å². The van der Waals surface area contributed by atoms with Gasteiger partial charge in [-0.05, 0) is 22.0 Å². The minimum absolute atomic E-state index is 0.497. The molecule has 7 nitrogen and oxygen atoms in total. The molecule has 0 aliphatic heterocycles. The fourth-order valence-corrected chi connectivity index (χ4v) is 2.30. The number of nitrogens with zero attached hydrogens (tertiary/aromatic N) is 4. The highest BCUT2D eigenvalue weighted by Gasteiger charge is 2.11. The van der Waals surface area contributed by atoms with Gasteiger partial charge in [0.05, 0.1) is 17.8 Å². The number of hydrogen-bond acceptors (Lipinski definition) is 5. The van der Waals surface area contributed by atoms with E-state index in [1.807, 2.05) is 6.07 Å². The minimum Gasteiger partial charge on any atom is -0.481 e. The van der Waals surface area contributed by atoms with Crippen molar-refractivity contribution in [3.05, 3.63) is 46.8 Å². The first kappa shape index (κ1) is 13.6. The Morgan fingerprint density at radius 2 is 2.38 bits per heavy atom. The van der Waals surface area contributed by atoms with Gasteiger partial charge in [0, 0.05) is 29.0 Å². The summed E-state index contributed by atoms with van der Waals surface area (Å²) in [6, 6.07) is 5.45. The number of halogens is 1. The van der Waals surface area contributed by atoms with E-state index in [0.29, 0.717) is 18.1 Å². The van der Waals surface area contributed by atoms with Gasteiger partial charge < -0.3 is 10.1 Å². The number of anilines is 1. The number of nitrogens with one attached hydrogen (secondary N) is 1. The van der Waals surface area contributed by atoms with Crippen molar-refractivity contribution < 1.29 is 14.7 Å². The van der Waals surface area contributed by atoms with E-state index in [2.05, 4.69) is 31.3 Å². The number of aromatic nitrogens is 4. The Hall–Kier alpha value is -2.35. The molecule has 0 fully saturated rings. The zero-order chi connectivity index (χ0) is 14.8. The summed E-state index contributed by atoms with van der Waals surface area (Å²) in [4.78, 5) is 4.33. The topological polar surface area (TPSA) is 75.6 Å². The third-order valence-corrected chi connectivity index (χ3v) is 3.49. The molecule has 3 rings (SSSR count). The van der Waals surface area contributed by atoms with Crippen LogP contribution in [0.4, 0.5) is 5.82 Å². The molecule has 0 spiro atoms. The predicted octanol–water partition coefficient (Wildman–Crippen LogP) is 1.64. The number of methoxy groups -OCH3 is 1. The maximum atomic E-state index is 9.40. The van der Waals surface area contributed by atoms with Crippen LogP contribution in [-0.2, 0) is 6.54 Å². The van der Waals surface area contributed by atoms with Gasteiger partial charge in [-0.2, -0.15) is 14.6 Å². The van der Waals surface area contributed by atoms with Gasteiger partial charge in [0.1, 0.15) is 5.82 Å². The second kappa shape index (κ2) is 5.57. The van der Waals surface area contributed by atoms with Gasteiger partial charge in [-0.3, -0.25) is 5.21 Å². The summed E-state index contributed by atoms with van der Waals surface area (Å²) in [7, 11) is 1.57. The maximum Gasteiger partial charge on any atom is 0.227 e. The summed E-state index contributed by atoms with van der Waals surface area (Å²) in [6.07, 6.45) is 4.86. The lowest BCUT2D eigenvalue weighted by Crippen LogP contribution is -2.29. The zero-order valence-electron chi connectivity index (χ0n) is 11.2. The third-order valence-electron chi connectivity index (χ3n) is 2.94. The number of pyridine rings is 1. The molecule has 0 aliphatic carbocycles. The molecule has 0 saturated carbocycles. The van der Waals surface area contributed by atoms with Gasteiger partial charge in [-0.15, -0.1) is 0 Å². The van der Waals surface area contributed by atoms with Crippen molar-refractivity contribution in [1.82, 2.24) is 14.6 Å². The summed E-state index contributed by atoms with van der Waals surface area (Å²) in [5, 5.41) is 16.9. The molecule has 0 radical (unpaired) electrons. The molecule has 0 unspecified atom stereocenters. The lowest BCUT2D eigenvalue weighted by Gasteiger charge is -2.09. The van der Waals surface area contributed by atoms with Crippen LogP contribution in [0.15, 0.2) is 41.3 Å². The smallest absolute Gasteiger partial charge is 0.227 e. The van der Waals surface area contributed by atoms with Gasteiger partial charge in [0.2, 0.25) is 18.3 Å². The molecule has 3 heterocycles. The molecule has 0 saturated heterocycles. The van der Waals surface area contributed by atoms with Crippen molar-refractivity contribution in [2.24, 2.45) is 0 Å². The minimum atomic E-state index is 0.497. The number of fused-ring (bicyclic) bond motifs is 1. The molecule has 3 aromatic heterocycles. The van der Waals surface area contributed by atoms with E-state index >= 15 is 0 Å². The first-order chi connectivity index (χ1) is 10.2. The van der Waals surface area contributed by atoms with Gasteiger partial charge in [0.25, 0.3) is 0 Å². The average Bonchev–Trinajstić information content (AvgIpc) is 2.86. The summed E-state index contributed by atoms with van der Waals surface area (Å²) in [5.41, 5.74) is 1.59. The van der Waals surface area contributed by atoms with Crippen LogP contribution in [0, 0.1) is 0 Å². The summed E-state index contributed by atoms with van der Waals surface area (Å²) < 4.78 is 8.69. The molecule has 2 N–H and O–H groups in total. The van der Waals surface area contributed by atoms with Crippen LogP contribution < -0.4 is 14.8 Å². The molecule has 8 heteroatoms. The Bertz CT molecular complexity index is 789. The van der Waals surface area contributed by atoms with Crippen molar-refractivity contribution in [3.63, 3.8) is 0 Å². The van der Waals surface area contributed by atoms with E-state index in [-0.39, 0.29) is 0 Å². The molecule has 108 valence electrons. The molecule has 0 aromatic carbocycles. The summed E-state index contributed by atoms with van der Waals surface area (Å²) in [6.45, 7) is 0.529. The van der Waals surface area contributed by atoms with Gasteiger partial charge in [-0.1, -0.05) is 0 Å². The molecule has 21 heavy (non-hydrogen) atoms. The normalized spacial score (nSPS) is 10.8. The van der Waals surface area contributed by atoms with Crippen LogP contribution in [0.25, 0.3) is 5.65 Å². The van der Waals surface area contributed by atoms with Gasteiger partial charge in [-0.25, -0.2) is 0 Å². The van der Waals surface area contributed by atoms with Crippen molar-refractivity contribution >= 4 is 27.4 Å². The molecular weight excluding hydrogens is 338 g/mol. The zero-order valence-corrected chi connectivity index (χ0v) is 12.8. The average molecular weight is 351 g/mol. The Balaban J connectivity index is 1.92. The second-order valence-electron chi connectivity index (χ2n) is 4.36. The van der Waals surface area contributed by atoms with Crippen LogP contribution in [0.1, 0.15) is 5.56 Å². The Morgan fingerprint density at radius 3 is 3.14 bits per heavy atom. The Labute approximate surface area is 128 Å². The first-order valence-corrected chi connectivity index (χ1v) is 6.98. The van der Waals surface area contributed by atoms with E-state index in [4.69, 9.17) is 4.74 Å². The van der Waals surface area contributed by atoms with E-state index in [1.54, 1.807) is 42.3 Å². The van der Waals surface area contributed by atoms with Crippen LogP contribution >= 0.6 is 15.9 Å². The standard InChI is InChI=1S/C13H13BrN5O2/c1-21-12-5-11(19-13(17-12)10(14)7-16-19)15-6-9-3-2-4-18(20)8-9/h2-5,7-8,15,20H,6H2,1H3/q+1. The highest BCUT2D eigenvalue weighted by molar-refractivity contribution is 9.10. The molecule has 0 atom stereocenters. The van der Waals surface area contributed by atoms with E-state index < -0.39 is 0 Å². The van der Waals surface area contributed by atoms with Crippen molar-refractivity contribution in [3.8, 4) is 5.88 Å². The highest BCUT2D eigenvalue weighted by atomic mass is 79.9. The van der Waals surface area contributed by atoms with Crippen molar-refractivity contribution in [2.75, 3.05) is 12.4 Å². The fraction of sp³-hybridized carbons (Fsp3) is 0.154. The SMILES string of the molecule is COc1cc(NCc2ccc[n+](O)c2)n2ncc(Br)c2n1. The third kappa shape index (κ3) is 2.75. The van der Waals surface area contributed by atoms with Crippen LogP contribution in [0.3, 0.4) is 0 Å². The highest BCUT2D eigenvalue weighted by Crippen LogP contribution is 2.23. The van der Waals surface area contributed by atoms with E-state index in [1.165, 1.54) is 0 Å². The fourth-order valence-electron chi connectivity index (χ4n) is 1.95. The number of ether oxygens (including phenoxy) is 1.